The molecule has 1 unspecified atom stereocenters. The highest BCUT2D eigenvalue weighted by atomic mass is 15.3. The fraction of sp³-hybridized carbons (Fsp3) is 0.444. The van der Waals surface area contributed by atoms with Crippen molar-refractivity contribution in [1.82, 2.24) is 24.9 Å². The van der Waals surface area contributed by atoms with Crippen LogP contribution in [0.2, 0.25) is 0 Å². The average molecular weight is 335 g/mol. The second-order valence-electron chi connectivity index (χ2n) is 7.06. The van der Waals surface area contributed by atoms with Crippen LogP contribution < -0.4 is 10.2 Å². The summed E-state index contributed by atoms with van der Waals surface area (Å²) in [7, 11) is 0. The molecule has 1 atom stereocenters. The fourth-order valence-electron chi connectivity index (χ4n) is 3.57. The second kappa shape index (κ2) is 5.68. The molecule has 0 radical (unpaired) electrons. The van der Waals surface area contributed by atoms with E-state index >= 15 is 0 Å². The standard InChI is InChI=1S/C18H21N7/c1-11-8-14-16(22-11)18(21-10-20-14)25-7-5-13(9-25)23-15-4-6-19-17(24-15)12-2-3-12/h4,6,8,10,12-13,22H,2-3,5,7,9H2,1H3,(H,19,23,24). The maximum Gasteiger partial charge on any atom is 0.156 e. The Kier molecular flexibility index (Phi) is 3.33. The van der Waals surface area contributed by atoms with E-state index in [0.29, 0.717) is 12.0 Å². The van der Waals surface area contributed by atoms with Gasteiger partial charge in [-0.05, 0) is 38.3 Å². The van der Waals surface area contributed by atoms with Crippen molar-refractivity contribution in [3.8, 4) is 0 Å². The zero-order valence-electron chi connectivity index (χ0n) is 14.2. The van der Waals surface area contributed by atoms with Crippen LogP contribution in [0.5, 0.6) is 0 Å². The Balaban J connectivity index is 1.33. The van der Waals surface area contributed by atoms with Crippen molar-refractivity contribution in [3.05, 3.63) is 36.2 Å². The Hall–Kier alpha value is -2.70. The number of nitrogens with zero attached hydrogens (tertiary/aromatic N) is 5. The molecule has 7 nitrogen and oxygen atoms in total. The third-order valence-corrected chi connectivity index (χ3v) is 4.99. The van der Waals surface area contributed by atoms with Crippen molar-refractivity contribution in [2.45, 2.75) is 38.1 Å². The number of aromatic nitrogens is 5. The summed E-state index contributed by atoms with van der Waals surface area (Å²) in [6.07, 6.45) is 7.03. The third kappa shape index (κ3) is 2.79. The summed E-state index contributed by atoms with van der Waals surface area (Å²) in [5.74, 6) is 3.49. The highest BCUT2D eigenvalue weighted by Gasteiger charge is 2.28. The zero-order valence-corrected chi connectivity index (χ0v) is 14.2. The van der Waals surface area contributed by atoms with Crippen LogP contribution in [-0.4, -0.2) is 44.1 Å². The molecule has 3 aromatic heterocycles. The molecule has 0 aromatic carbocycles. The Labute approximate surface area is 145 Å². The van der Waals surface area contributed by atoms with E-state index in [4.69, 9.17) is 0 Å². The molecule has 128 valence electrons. The Morgan fingerprint density at radius 1 is 1.20 bits per heavy atom. The Morgan fingerprint density at radius 2 is 2.12 bits per heavy atom. The van der Waals surface area contributed by atoms with Crippen molar-refractivity contribution in [2.24, 2.45) is 0 Å². The monoisotopic (exact) mass is 335 g/mol. The summed E-state index contributed by atoms with van der Waals surface area (Å²) < 4.78 is 0. The van der Waals surface area contributed by atoms with Crippen LogP contribution in [0.25, 0.3) is 11.0 Å². The molecule has 0 bridgehead atoms. The predicted octanol–water partition coefficient (Wildman–Crippen LogP) is 2.62. The third-order valence-electron chi connectivity index (χ3n) is 4.99. The van der Waals surface area contributed by atoms with Gasteiger partial charge in [0, 0.05) is 36.9 Å². The highest BCUT2D eigenvalue weighted by molar-refractivity contribution is 5.86. The smallest absolute Gasteiger partial charge is 0.156 e. The van der Waals surface area contributed by atoms with Gasteiger partial charge in [-0.15, -0.1) is 0 Å². The van der Waals surface area contributed by atoms with Gasteiger partial charge in [-0.2, -0.15) is 0 Å². The van der Waals surface area contributed by atoms with Gasteiger partial charge in [-0.1, -0.05) is 0 Å². The molecule has 1 aliphatic carbocycles. The Morgan fingerprint density at radius 3 is 3.00 bits per heavy atom. The van der Waals surface area contributed by atoms with Gasteiger partial charge in [0.05, 0.1) is 5.52 Å². The molecule has 2 fully saturated rings. The van der Waals surface area contributed by atoms with Crippen LogP contribution in [0.1, 0.15) is 36.7 Å². The van der Waals surface area contributed by atoms with Crippen LogP contribution >= 0.6 is 0 Å². The topological polar surface area (TPSA) is 82.6 Å². The predicted molar refractivity (Wildman–Crippen MR) is 96.9 cm³/mol. The quantitative estimate of drug-likeness (QED) is 0.763. The maximum absolute atomic E-state index is 4.68. The minimum Gasteiger partial charge on any atom is -0.365 e. The molecule has 4 heterocycles. The summed E-state index contributed by atoms with van der Waals surface area (Å²) in [6, 6.07) is 4.39. The fourth-order valence-corrected chi connectivity index (χ4v) is 3.57. The van der Waals surface area contributed by atoms with Gasteiger partial charge in [-0.3, -0.25) is 0 Å². The zero-order chi connectivity index (χ0) is 16.8. The number of anilines is 2. The number of aromatic amines is 1. The molecule has 1 saturated heterocycles. The first-order valence-electron chi connectivity index (χ1n) is 8.91. The van der Waals surface area contributed by atoms with Crippen LogP contribution in [0.4, 0.5) is 11.6 Å². The summed E-state index contributed by atoms with van der Waals surface area (Å²) in [4.78, 5) is 23.6. The van der Waals surface area contributed by atoms with Gasteiger partial charge >= 0.3 is 0 Å². The van der Waals surface area contributed by atoms with Crippen LogP contribution in [-0.2, 0) is 0 Å². The number of nitrogens with one attached hydrogen (secondary N) is 2. The molecule has 2 N–H and O–H groups in total. The molecule has 7 heteroatoms. The first kappa shape index (κ1) is 14.6. The minimum absolute atomic E-state index is 0.364. The number of fused-ring (bicyclic) bond motifs is 1. The average Bonchev–Trinajstić information content (AvgIpc) is 3.25. The second-order valence-corrected chi connectivity index (χ2v) is 7.06. The van der Waals surface area contributed by atoms with Crippen LogP contribution in [0.15, 0.2) is 24.7 Å². The van der Waals surface area contributed by atoms with Crippen molar-refractivity contribution in [2.75, 3.05) is 23.3 Å². The van der Waals surface area contributed by atoms with Gasteiger partial charge < -0.3 is 15.2 Å². The normalized spacial score (nSPS) is 20.4. The van der Waals surface area contributed by atoms with E-state index < -0.39 is 0 Å². The Bertz CT molecular complexity index is 915. The lowest BCUT2D eigenvalue weighted by Gasteiger charge is -2.18. The van der Waals surface area contributed by atoms with Crippen molar-refractivity contribution in [1.29, 1.82) is 0 Å². The van der Waals surface area contributed by atoms with E-state index in [2.05, 4.69) is 41.2 Å². The van der Waals surface area contributed by atoms with Crippen LogP contribution in [0, 0.1) is 6.92 Å². The molecule has 0 amide bonds. The number of H-pyrrole nitrogens is 1. The number of aryl methyl sites for hydroxylation is 1. The molecule has 1 aliphatic heterocycles. The number of rotatable bonds is 4. The van der Waals surface area contributed by atoms with E-state index in [1.165, 1.54) is 12.8 Å². The van der Waals surface area contributed by atoms with E-state index in [-0.39, 0.29) is 0 Å². The summed E-state index contributed by atoms with van der Waals surface area (Å²) >= 11 is 0. The summed E-state index contributed by atoms with van der Waals surface area (Å²) in [5, 5.41) is 3.57. The number of hydrogen-bond acceptors (Lipinski definition) is 6. The van der Waals surface area contributed by atoms with Crippen LogP contribution in [0.3, 0.4) is 0 Å². The highest BCUT2D eigenvalue weighted by Crippen LogP contribution is 2.38. The lowest BCUT2D eigenvalue weighted by atomic mass is 10.2. The first-order chi connectivity index (χ1) is 12.3. The van der Waals surface area contributed by atoms with Gasteiger partial charge in [-0.25, -0.2) is 19.9 Å². The summed E-state index contributed by atoms with van der Waals surface area (Å²) in [5.41, 5.74) is 3.11. The molecule has 2 aliphatic rings. The SMILES string of the molecule is Cc1cc2ncnc(N3CCC(Nc4ccnc(C5CC5)n4)C3)c2[nH]1. The summed E-state index contributed by atoms with van der Waals surface area (Å²) in [6.45, 7) is 3.93. The molecular weight excluding hydrogens is 314 g/mol. The van der Waals surface area contributed by atoms with Gasteiger partial charge in [0.2, 0.25) is 0 Å². The van der Waals surface area contributed by atoms with Crippen molar-refractivity contribution in [3.63, 3.8) is 0 Å². The lowest BCUT2D eigenvalue weighted by Crippen LogP contribution is -2.27. The maximum atomic E-state index is 4.68. The van der Waals surface area contributed by atoms with Crippen molar-refractivity contribution < 1.29 is 0 Å². The number of hydrogen-bond donors (Lipinski definition) is 2. The molecule has 0 spiro atoms. The lowest BCUT2D eigenvalue weighted by molar-refractivity contribution is 0.793. The van der Waals surface area contributed by atoms with E-state index in [1.54, 1.807) is 6.33 Å². The van der Waals surface area contributed by atoms with Crippen molar-refractivity contribution >= 4 is 22.7 Å². The van der Waals surface area contributed by atoms with E-state index in [9.17, 15) is 0 Å². The first-order valence-corrected chi connectivity index (χ1v) is 8.91. The van der Waals surface area contributed by atoms with Gasteiger partial charge in [0.1, 0.15) is 23.5 Å². The molecular formula is C18H21N7. The van der Waals surface area contributed by atoms with E-state index in [0.717, 1.165) is 53.7 Å². The molecule has 3 aromatic rings. The molecule has 1 saturated carbocycles. The molecule has 5 rings (SSSR count). The molecule has 25 heavy (non-hydrogen) atoms. The largest absolute Gasteiger partial charge is 0.365 e. The minimum atomic E-state index is 0.364. The van der Waals surface area contributed by atoms with E-state index in [1.807, 2.05) is 19.2 Å². The van der Waals surface area contributed by atoms with Gasteiger partial charge in [0.25, 0.3) is 0 Å². The van der Waals surface area contributed by atoms with Gasteiger partial charge in [0.15, 0.2) is 5.82 Å².